The van der Waals surface area contributed by atoms with E-state index in [1.165, 1.54) is 25.1 Å². The van der Waals surface area contributed by atoms with Gasteiger partial charge in [-0.1, -0.05) is 18.2 Å². The second-order valence-electron chi connectivity index (χ2n) is 5.74. The van der Waals surface area contributed by atoms with Crippen molar-refractivity contribution in [3.8, 4) is 5.75 Å². The summed E-state index contributed by atoms with van der Waals surface area (Å²) in [7, 11) is 1.02. The number of esters is 2. The molecular weight excluding hydrogens is 356 g/mol. The number of hydrogen-bond donors (Lipinski definition) is 2. The van der Waals surface area contributed by atoms with Crippen LogP contribution in [0.1, 0.15) is 18.9 Å². The van der Waals surface area contributed by atoms with E-state index in [0.29, 0.717) is 6.42 Å². The number of carbonyl (C=O) groups is 4. The molecule has 0 aliphatic carbocycles. The van der Waals surface area contributed by atoms with E-state index in [4.69, 9.17) is 4.74 Å². The van der Waals surface area contributed by atoms with E-state index in [1.807, 2.05) is 0 Å². The maximum atomic E-state index is 12.1. The molecule has 2 N–H and O–H groups in total. The van der Waals surface area contributed by atoms with Crippen LogP contribution in [0.25, 0.3) is 0 Å². The van der Waals surface area contributed by atoms with Crippen LogP contribution in [0, 0.1) is 5.92 Å². The second-order valence-corrected chi connectivity index (χ2v) is 5.74. The molecule has 0 spiro atoms. The van der Waals surface area contributed by atoms with Crippen LogP contribution in [0.15, 0.2) is 35.9 Å². The first-order chi connectivity index (χ1) is 12.8. The SMILES string of the molecule is C/C=C(/C=O)[C@](O)(CC(=O)OCCc1ccc(O)cc1)C(C=O)C(=O)OC. The summed E-state index contributed by atoms with van der Waals surface area (Å²) in [5.74, 6) is -3.63. The molecule has 0 radical (unpaired) electrons. The number of phenols is 1. The lowest BCUT2D eigenvalue weighted by molar-refractivity contribution is -0.160. The number of phenolic OH excluding ortho intramolecular Hbond substituents is 1. The number of ether oxygens (including phenoxy) is 2. The van der Waals surface area contributed by atoms with Crippen molar-refractivity contribution in [2.45, 2.75) is 25.4 Å². The predicted octanol–water partition coefficient (Wildman–Crippen LogP) is 0.732. The Morgan fingerprint density at radius 2 is 1.85 bits per heavy atom. The minimum absolute atomic E-state index is 0.0318. The Hall–Kier alpha value is -3.00. The van der Waals surface area contributed by atoms with Crippen molar-refractivity contribution in [1.29, 1.82) is 0 Å². The molecule has 0 aliphatic heterocycles. The van der Waals surface area contributed by atoms with Gasteiger partial charge in [0.2, 0.25) is 0 Å². The molecule has 0 aliphatic rings. The van der Waals surface area contributed by atoms with E-state index in [0.717, 1.165) is 12.7 Å². The van der Waals surface area contributed by atoms with E-state index < -0.39 is 29.9 Å². The maximum absolute atomic E-state index is 12.1. The van der Waals surface area contributed by atoms with Gasteiger partial charge in [-0.15, -0.1) is 0 Å². The number of benzene rings is 1. The van der Waals surface area contributed by atoms with Crippen LogP contribution in [-0.4, -0.2) is 54.0 Å². The zero-order valence-corrected chi connectivity index (χ0v) is 15.1. The summed E-state index contributed by atoms with van der Waals surface area (Å²) in [6.07, 6.45) is 1.17. The van der Waals surface area contributed by atoms with Gasteiger partial charge in [0.05, 0.1) is 20.1 Å². The molecule has 0 bridgehead atoms. The van der Waals surface area contributed by atoms with Gasteiger partial charge in [-0.2, -0.15) is 0 Å². The van der Waals surface area contributed by atoms with Gasteiger partial charge < -0.3 is 24.5 Å². The summed E-state index contributed by atoms with van der Waals surface area (Å²) in [6, 6.07) is 6.29. The van der Waals surface area contributed by atoms with Crippen LogP contribution < -0.4 is 0 Å². The van der Waals surface area contributed by atoms with Crippen molar-refractivity contribution >= 4 is 24.5 Å². The first kappa shape index (κ1) is 22.0. The largest absolute Gasteiger partial charge is 0.508 e. The third-order valence-corrected chi connectivity index (χ3v) is 4.05. The minimum atomic E-state index is -2.37. The number of rotatable bonds is 10. The van der Waals surface area contributed by atoms with E-state index in [9.17, 15) is 29.4 Å². The standard InChI is InChI=1S/C19H22O8/c1-3-14(11-20)19(25,16(12-21)18(24)26-2)10-17(23)27-9-8-13-4-6-15(22)7-5-13/h3-7,11-12,16,22,25H,8-10H2,1-2H3/b14-3-/t16?,19-/m1/s1. The zero-order chi connectivity index (χ0) is 20.4. The average Bonchev–Trinajstić information content (AvgIpc) is 2.64. The van der Waals surface area contributed by atoms with Crippen molar-refractivity contribution in [2.24, 2.45) is 5.92 Å². The Kier molecular flexibility index (Phi) is 8.34. The quantitative estimate of drug-likeness (QED) is 0.264. The fraction of sp³-hybridized carbons (Fsp3) is 0.368. The van der Waals surface area contributed by atoms with Gasteiger partial charge >= 0.3 is 11.9 Å². The smallest absolute Gasteiger partial charge is 0.319 e. The summed E-state index contributed by atoms with van der Waals surface area (Å²) >= 11 is 0. The number of hydrogen-bond acceptors (Lipinski definition) is 8. The van der Waals surface area contributed by atoms with Crippen molar-refractivity contribution in [3.63, 3.8) is 0 Å². The topological polar surface area (TPSA) is 127 Å². The van der Waals surface area contributed by atoms with E-state index in [1.54, 1.807) is 12.1 Å². The molecule has 1 rings (SSSR count). The van der Waals surface area contributed by atoms with Crippen LogP contribution in [-0.2, 0) is 35.1 Å². The van der Waals surface area contributed by atoms with E-state index >= 15 is 0 Å². The van der Waals surface area contributed by atoms with Gasteiger partial charge in [0.15, 0.2) is 0 Å². The predicted molar refractivity (Wildman–Crippen MR) is 93.7 cm³/mol. The Balaban J connectivity index is 2.86. The molecule has 2 atom stereocenters. The van der Waals surface area contributed by atoms with Gasteiger partial charge in [0.25, 0.3) is 0 Å². The van der Waals surface area contributed by atoms with Gasteiger partial charge in [0, 0.05) is 12.0 Å². The molecule has 1 aromatic rings. The highest BCUT2D eigenvalue weighted by atomic mass is 16.5. The summed E-state index contributed by atoms with van der Waals surface area (Å²) in [5.41, 5.74) is -1.88. The lowest BCUT2D eigenvalue weighted by Gasteiger charge is -2.31. The molecule has 1 aromatic carbocycles. The molecule has 0 aromatic heterocycles. The molecule has 0 saturated carbocycles. The molecule has 0 heterocycles. The van der Waals surface area contributed by atoms with Crippen LogP contribution in [0.5, 0.6) is 5.75 Å². The van der Waals surface area contributed by atoms with Gasteiger partial charge in [0.1, 0.15) is 29.8 Å². The summed E-state index contributed by atoms with van der Waals surface area (Å²) in [6.45, 7) is 1.39. The molecular formula is C19H22O8. The van der Waals surface area contributed by atoms with Gasteiger partial charge in [-0.05, 0) is 24.6 Å². The van der Waals surface area contributed by atoms with Crippen molar-refractivity contribution in [2.75, 3.05) is 13.7 Å². The summed E-state index contributed by atoms with van der Waals surface area (Å²) < 4.78 is 9.52. The zero-order valence-electron chi connectivity index (χ0n) is 15.1. The number of allylic oxidation sites excluding steroid dienone is 1. The third kappa shape index (κ3) is 5.75. The molecule has 1 unspecified atom stereocenters. The highest BCUT2D eigenvalue weighted by Crippen LogP contribution is 2.29. The van der Waals surface area contributed by atoms with Crippen molar-refractivity contribution in [3.05, 3.63) is 41.5 Å². The minimum Gasteiger partial charge on any atom is -0.508 e. The van der Waals surface area contributed by atoms with Gasteiger partial charge in [-0.3, -0.25) is 14.4 Å². The monoisotopic (exact) mass is 378 g/mol. The lowest BCUT2D eigenvalue weighted by atomic mass is 9.79. The molecule has 146 valence electrons. The highest BCUT2D eigenvalue weighted by molar-refractivity contribution is 5.94. The first-order valence-electron chi connectivity index (χ1n) is 8.13. The van der Waals surface area contributed by atoms with Crippen LogP contribution >= 0.6 is 0 Å². The number of aromatic hydroxyl groups is 1. The number of aldehydes is 2. The summed E-state index contributed by atoms with van der Waals surface area (Å²) in [5, 5.41) is 20.0. The van der Waals surface area contributed by atoms with Gasteiger partial charge in [-0.25, -0.2) is 0 Å². The van der Waals surface area contributed by atoms with Crippen molar-refractivity contribution < 1.29 is 38.9 Å². The number of aliphatic hydroxyl groups is 1. The number of carbonyl (C=O) groups excluding carboxylic acids is 4. The summed E-state index contributed by atoms with van der Waals surface area (Å²) in [4.78, 5) is 46.5. The molecule has 0 fully saturated rings. The third-order valence-electron chi connectivity index (χ3n) is 4.05. The molecule has 0 amide bonds. The maximum Gasteiger partial charge on any atom is 0.319 e. The van der Waals surface area contributed by atoms with Crippen molar-refractivity contribution in [1.82, 2.24) is 0 Å². The molecule has 0 saturated heterocycles. The molecule has 8 nitrogen and oxygen atoms in total. The van der Waals surface area contributed by atoms with Crippen LogP contribution in [0.2, 0.25) is 0 Å². The van der Waals surface area contributed by atoms with E-state index in [-0.39, 0.29) is 30.5 Å². The first-order valence-corrected chi connectivity index (χ1v) is 8.13. The lowest BCUT2D eigenvalue weighted by Crippen LogP contribution is -2.48. The molecule has 27 heavy (non-hydrogen) atoms. The number of methoxy groups -OCH3 is 1. The second kappa shape index (κ2) is 10.2. The fourth-order valence-electron chi connectivity index (χ4n) is 2.52. The van der Waals surface area contributed by atoms with Crippen LogP contribution in [0.3, 0.4) is 0 Å². The van der Waals surface area contributed by atoms with Crippen LogP contribution in [0.4, 0.5) is 0 Å². The average molecular weight is 378 g/mol. The fourth-order valence-corrected chi connectivity index (χ4v) is 2.52. The van der Waals surface area contributed by atoms with E-state index in [2.05, 4.69) is 4.74 Å². The normalized spacial score (nSPS) is 14.6. The Morgan fingerprint density at radius 3 is 2.33 bits per heavy atom. The highest BCUT2D eigenvalue weighted by Gasteiger charge is 2.47. The Morgan fingerprint density at radius 1 is 1.22 bits per heavy atom. The molecule has 8 heteroatoms. The Bertz CT molecular complexity index is 707. The Labute approximate surface area is 156 Å².